The normalized spacial score (nSPS) is 20.3. The minimum Gasteiger partial charge on any atom is -0.380 e. The largest absolute Gasteiger partial charge is 0.380 e. The highest BCUT2D eigenvalue weighted by Crippen LogP contribution is 2.37. The molecule has 76 valence electrons. The van der Waals surface area contributed by atoms with Crippen LogP contribution in [0.2, 0.25) is 0 Å². The third-order valence-electron chi connectivity index (χ3n) is 2.83. The molecule has 1 heterocycles. The lowest BCUT2D eigenvalue weighted by Crippen LogP contribution is -2.39. The van der Waals surface area contributed by atoms with Gasteiger partial charge in [0.25, 0.3) is 0 Å². The molecule has 1 aliphatic heterocycles. The quantitative estimate of drug-likeness (QED) is 0.766. The smallest absolute Gasteiger partial charge is 0.0723 e. The molecule has 0 spiro atoms. The van der Waals surface area contributed by atoms with Crippen LogP contribution in [0.1, 0.15) is 12.5 Å². The number of likely N-dealkylation sites (N-methyl/N-ethyl adjacent to an activating group) is 1. The number of hydrogen-bond donors (Lipinski definition) is 1. The van der Waals surface area contributed by atoms with Crippen LogP contribution >= 0.6 is 15.9 Å². The van der Waals surface area contributed by atoms with Gasteiger partial charge >= 0.3 is 0 Å². The Kier molecular flexibility index (Phi) is 2.43. The molecule has 1 N–H and O–H groups in total. The van der Waals surface area contributed by atoms with Crippen molar-refractivity contribution in [2.45, 2.75) is 19.9 Å². The maximum absolute atomic E-state index is 3.59. The molecule has 1 atom stereocenters. The van der Waals surface area contributed by atoms with Gasteiger partial charge in [-0.2, -0.15) is 0 Å². The van der Waals surface area contributed by atoms with Crippen LogP contribution < -0.4 is 10.2 Å². The van der Waals surface area contributed by atoms with Crippen molar-refractivity contribution in [1.29, 1.82) is 0 Å². The van der Waals surface area contributed by atoms with Gasteiger partial charge in [0.1, 0.15) is 0 Å². The van der Waals surface area contributed by atoms with E-state index in [4.69, 9.17) is 0 Å². The summed E-state index contributed by atoms with van der Waals surface area (Å²) in [5, 5.41) is 3.45. The predicted molar refractivity (Wildman–Crippen MR) is 65.2 cm³/mol. The molecule has 0 bridgehead atoms. The van der Waals surface area contributed by atoms with Gasteiger partial charge < -0.3 is 10.2 Å². The van der Waals surface area contributed by atoms with Crippen LogP contribution in [0.15, 0.2) is 16.6 Å². The Morgan fingerprint density at radius 1 is 1.50 bits per heavy atom. The molecule has 1 aromatic rings. The zero-order valence-electron chi connectivity index (χ0n) is 8.76. The van der Waals surface area contributed by atoms with Gasteiger partial charge in [-0.3, -0.25) is 0 Å². The minimum atomic E-state index is 0.552. The van der Waals surface area contributed by atoms with Crippen molar-refractivity contribution < 1.29 is 0 Å². The maximum atomic E-state index is 3.59. The summed E-state index contributed by atoms with van der Waals surface area (Å²) >= 11 is 3.59. The van der Waals surface area contributed by atoms with Crippen molar-refractivity contribution in [1.82, 2.24) is 0 Å². The predicted octanol–water partition coefficient (Wildman–Crippen LogP) is 3.01. The number of nitrogens with one attached hydrogen (secondary N) is 1. The summed E-state index contributed by atoms with van der Waals surface area (Å²) < 4.78 is 1.16. The van der Waals surface area contributed by atoms with Gasteiger partial charge in [0.15, 0.2) is 0 Å². The SMILES string of the molecule is Cc1cc(Br)c2c(c1)N(C)C(C)CN2. The summed E-state index contributed by atoms with van der Waals surface area (Å²) in [7, 11) is 2.15. The van der Waals surface area contributed by atoms with E-state index in [0.717, 1.165) is 11.0 Å². The highest BCUT2D eigenvalue weighted by molar-refractivity contribution is 9.10. The van der Waals surface area contributed by atoms with Crippen molar-refractivity contribution in [3.63, 3.8) is 0 Å². The molecule has 2 nitrogen and oxygen atoms in total. The molecule has 0 aliphatic carbocycles. The highest BCUT2D eigenvalue weighted by atomic mass is 79.9. The first-order valence-corrected chi connectivity index (χ1v) is 5.65. The Morgan fingerprint density at radius 3 is 2.93 bits per heavy atom. The first-order valence-electron chi connectivity index (χ1n) is 4.86. The molecule has 0 radical (unpaired) electrons. The van der Waals surface area contributed by atoms with Gasteiger partial charge in [-0.15, -0.1) is 0 Å². The molecule has 2 rings (SSSR count). The lowest BCUT2D eigenvalue weighted by Gasteiger charge is -2.35. The average molecular weight is 255 g/mol. The average Bonchev–Trinajstić information content (AvgIpc) is 2.12. The number of aryl methyl sites for hydroxylation is 1. The molecular weight excluding hydrogens is 240 g/mol. The molecular formula is C11H15BrN2. The third kappa shape index (κ3) is 1.50. The lowest BCUT2D eigenvalue weighted by molar-refractivity contribution is 0.698. The molecule has 14 heavy (non-hydrogen) atoms. The molecule has 3 heteroatoms. The van der Waals surface area contributed by atoms with E-state index in [1.165, 1.54) is 16.9 Å². The van der Waals surface area contributed by atoms with Crippen LogP contribution in [0.5, 0.6) is 0 Å². The minimum absolute atomic E-state index is 0.552. The van der Waals surface area contributed by atoms with Gasteiger partial charge in [-0.1, -0.05) is 0 Å². The monoisotopic (exact) mass is 254 g/mol. The number of anilines is 2. The van der Waals surface area contributed by atoms with Crippen LogP contribution in [0.4, 0.5) is 11.4 Å². The van der Waals surface area contributed by atoms with Crippen LogP contribution in [0.3, 0.4) is 0 Å². The summed E-state index contributed by atoms with van der Waals surface area (Å²) in [6.07, 6.45) is 0. The second-order valence-corrected chi connectivity index (χ2v) is 4.84. The summed E-state index contributed by atoms with van der Waals surface area (Å²) in [5.41, 5.74) is 3.80. The fourth-order valence-corrected chi connectivity index (χ4v) is 2.51. The molecule has 0 amide bonds. The van der Waals surface area contributed by atoms with Gasteiger partial charge in [-0.05, 0) is 47.5 Å². The Bertz CT molecular complexity index is 363. The summed E-state index contributed by atoms with van der Waals surface area (Å²) in [6, 6.07) is 4.93. The van der Waals surface area contributed by atoms with Crippen molar-refractivity contribution >= 4 is 27.3 Å². The highest BCUT2D eigenvalue weighted by Gasteiger charge is 2.21. The van der Waals surface area contributed by atoms with Gasteiger partial charge in [0, 0.05) is 24.1 Å². The van der Waals surface area contributed by atoms with Crippen LogP contribution in [-0.4, -0.2) is 19.6 Å². The van der Waals surface area contributed by atoms with E-state index in [9.17, 15) is 0 Å². The third-order valence-corrected chi connectivity index (χ3v) is 3.45. The van der Waals surface area contributed by atoms with Gasteiger partial charge in [0.05, 0.1) is 11.4 Å². The molecule has 0 saturated heterocycles. The zero-order chi connectivity index (χ0) is 10.3. The van der Waals surface area contributed by atoms with E-state index in [-0.39, 0.29) is 0 Å². The number of hydrogen-bond acceptors (Lipinski definition) is 2. The molecule has 0 aromatic heterocycles. The Morgan fingerprint density at radius 2 is 2.21 bits per heavy atom. The first-order chi connectivity index (χ1) is 6.59. The topological polar surface area (TPSA) is 15.3 Å². The number of fused-ring (bicyclic) bond motifs is 1. The zero-order valence-corrected chi connectivity index (χ0v) is 10.4. The van der Waals surface area contributed by atoms with Crippen LogP contribution in [0.25, 0.3) is 0 Å². The molecule has 0 saturated carbocycles. The van der Waals surface area contributed by atoms with E-state index < -0.39 is 0 Å². The fraction of sp³-hybridized carbons (Fsp3) is 0.455. The van der Waals surface area contributed by atoms with E-state index >= 15 is 0 Å². The van der Waals surface area contributed by atoms with E-state index in [1.807, 2.05) is 0 Å². The fourth-order valence-electron chi connectivity index (χ4n) is 1.80. The summed E-state index contributed by atoms with van der Waals surface area (Å²) in [5.74, 6) is 0. The standard InChI is InChI=1S/C11H15BrN2/c1-7-4-9(12)11-10(5-7)14(3)8(2)6-13-11/h4-5,8,13H,6H2,1-3H3. The molecule has 1 unspecified atom stereocenters. The second kappa shape index (κ2) is 3.46. The Hall–Kier alpha value is -0.700. The van der Waals surface area contributed by atoms with E-state index in [2.05, 4.69) is 59.2 Å². The van der Waals surface area contributed by atoms with Gasteiger partial charge in [-0.25, -0.2) is 0 Å². The van der Waals surface area contributed by atoms with Crippen molar-refractivity contribution in [2.24, 2.45) is 0 Å². The summed E-state index contributed by atoms with van der Waals surface area (Å²) in [6.45, 7) is 5.36. The van der Waals surface area contributed by atoms with Crippen LogP contribution in [0, 0.1) is 6.92 Å². The number of benzene rings is 1. The molecule has 1 aliphatic rings. The lowest BCUT2D eigenvalue weighted by atomic mass is 10.1. The van der Waals surface area contributed by atoms with Crippen molar-refractivity contribution in [3.05, 3.63) is 22.2 Å². The Balaban J connectivity index is 2.54. The Labute approximate surface area is 93.4 Å². The first kappa shape index (κ1) is 9.84. The van der Waals surface area contributed by atoms with Crippen molar-refractivity contribution in [2.75, 3.05) is 23.8 Å². The van der Waals surface area contributed by atoms with Crippen LogP contribution in [-0.2, 0) is 0 Å². The summed E-state index contributed by atoms with van der Waals surface area (Å²) in [4.78, 5) is 2.32. The molecule has 1 aromatic carbocycles. The number of rotatable bonds is 0. The molecule has 0 fully saturated rings. The number of halogens is 1. The van der Waals surface area contributed by atoms with Crippen molar-refractivity contribution in [3.8, 4) is 0 Å². The maximum Gasteiger partial charge on any atom is 0.0723 e. The van der Waals surface area contributed by atoms with E-state index in [0.29, 0.717) is 6.04 Å². The van der Waals surface area contributed by atoms with E-state index in [1.54, 1.807) is 0 Å². The number of nitrogens with zero attached hydrogens (tertiary/aromatic N) is 1. The van der Waals surface area contributed by atoms with Gasteiger partial charge in [0.2, 0.25) is 0 Å². The second-order valence-electron chi connectivity index (χ2n) is 3.98.